The number of anilines is 1. The van der Waals surface area contributed by atoms with Gasteiger partial charge in [-0.1, -0.05) is 43.1 Å². The maximum absolute atomic E-state index is 13.0. The summed E-state index contributed by atoms with van der Waals surface area (Å²) < 4.78 is 5.79. The highest BCUT2D eigenvalue weighted by Crippen LogP contribution is 2.29. The first-order valence-corrected chi connectivity index (χ1v) is 11.6. The van der Waals surface area contributed by atoms with Gasteiger partial charge in [0.2, 0.25) is 0 Å². The maximum atomic E-state index is 13.0. The molecule has 32 heavy (non-hydrogen) atoms. The summed E-state index contributed by atoms with van der Waals surface area (Å²) >= 11 is 12.4. The molecule has 1 aliphatic heterocycles. The Morgan fingerprint density at radius 3 is 2.47 bits per heavy atom. The summed E-state index contributed by atoms with van der Waals surface area (Å²) in [5, 5.41) is 11.9. The zero-order valence-corrected chi connectivity index (χ0v) is 20.0. The molecule has 7 nitrogen and oxygen atoms in total. The number of nitrogens with two attached hydrogens (primary N) is 1. The maximum Gasteiger partial charge on any atom is 0.255 e. The van der Waals surface area contributed by atoms with Crippen LogP contribution in [0.2, 0.25) is 10.0 Å². The molecule has 0 unspecified atom stereocenters. The fraction of sp³-hybridized carbons (Fsp3) is 0.478. The number of carbonyl (C=O) groups is 1. The van der Waals surface area contributed by atoms with Crippen molar-refractivity contribution in [3.8, 4) is 5.75 Å². The van der Waals surface area contributed by atoms with Crippen molar-refractivity contribution in [2.45, 2.75) is 38.9 Å². The normalized spacial score (nSPS) is 15.8. The SMILES string of the molecule is CCN(CC)CC1(O)CCN(C(=O)c2cnc(N)c(OCc3c(Cl)cccc3Cl)c2)CC1. The average Bonchev–Trinajstić information content (AvgIpc) is 2.78. The van der Waals surface area contributed by atoms with Gasteiger partial charge in [0.05, 0.1) is 11.2 Å². The lowest BCUT2D eigenvalue weighted by molar-refractivity contribution is -0.0390. The minimum absolute atomic E-state index is 0.101. The van der Waals surface area contributed by atoms with Gasteiger partial charge in [-0.3, -0.25) is 4.79 Å². The van der Waals surface area contributed by atoms with Crippen LogP contribution in [-0.2, 0) is 6.61 Å². The predicted octanol–water partition coefficient (Wildman–Crippen LogP) is 3.86. The van der Waals surface area contributed by atoms with Crippen molar-refractivity contribution >= 4 is 34.9 Å². The third kappa shape index (κ3) is 5.84. The molecule has 1 aromatic carbocycles. The number of ether oxygens (including phenoxy) is 1. The van der Waals surface area contributed by atoms with Gasteiger partial charge in [0, 0.05) is 41.4 Å². The molecule has 1 saturated heterocycles. The highest BCUT2D eigenvalue weighted by Gasteiger charge is 2.35. The third-order valence-electron chi connectivity index (χ3n) is 5.96. The first kappa shape index (κ1) is 24.6. The highest BCUT2D eigenvalue weighted by atomic mass is 35.5. The van der Waals surface area contributed by atoms with E-state index < -0.39 is 5.60 Å². The minimum Gasteiger partial charge on any atom is -0.485 e. The standard InChI is InChI=1S/C23H30Cl2N4O3/c1-3-28(4-2)15-23(31)8-10-29(11-9-23)22(30)16-12-20(21(26)27-13-16)32-14-17-18(24)6-5-7-19(17)25/h5-7,12-13,31H,3-4,8-11,14-15H2,1-2H3,(H2,26,27). The van der Waals surface area contributed by atoms with E-state index in [0.717, 1.165) is 13.1 Å². The lowest BCUT2D eigenvalue weighted by atomic mass is 9.90. The monoisotopic (exact) mass is 480 g/mol. The summed E-state index contributed by atoms with van der Waals surface area (Å²) in [5.74, 6) is 0.307. The molecular formula is C23H30Cl2N4O3. The van der Waals surface area contributed by atoms with E-state index in [-0.39, 0.29) is 18.3 Å². The van der Waals surface area contributed by atoms with Crippen LogP contribution in [0.25, 0.3) is 0 Å². The van der Waals surface area contributed by atoms with Gasteiger partial charge in [-0.2, -0.15) is 0 Å². The van der Waals surface area contributed by atoms with Gasteiger partial charge < -0.3 is 25.4 Å². The number of nitrogens with zero attached hydrogens (tertiary/aromatic N) is 3. The van der Waals surface area contributed by atoms with Gasteiger partial charge in [-0.05, 0) is 44.1 Å². The summed E-state index contributed by atoms with van der Waals surface area (Å²) in [5.41, 5.74) is 6.20. The van der Waals surface area contributed by atoms with E-state index >= 15 is 0 Å². The number of hydrogen-bond acceptors (Lipinski definition) is 6. The van der Waals surface area contributed by atoms with E-state index in [2.05, 4.69) is 23.7 Å². The predicted molar refractivity (Wildman–Crippen MR) is 127 cm³/mol. The number of nitrogen functional groups attached to an aromatic ring is 1. The number of aromatic nitrogens is 1. The number of rotatable bonds is 8. The Morgan fingerprint density at radius 2 is 1.88 bits per heavy atom. The first-order chi connectivity index (χ1) is 15.3. The van der Waals surface area contributed by atoms with Crippen molar-refractivity contribution in [3.63, 3.8) is 0 Å². The van der Waals surface area contributed by atoms with Crippen LogP contribution in [-0.4, -0.2) is 64.1 Å². The second kappa shape index (κ2) is 10.7. The largest absolute Gasteiger partial charge is 0.485 e. The molecule has 1 aromatic heterocycles. The van der Waals surface area contributed by atoms with Gasteiger partial charge in [-0.15, -0.1) is 0 Å². The van der Waals surface area contributed by atoms with E-state index in [4.69, 9.17) is 33.7 Å². The second-order valence-corrected chi connectivity index (χ2v) is 8.89. The lowest BCUT2D eigenvalue weighted by Gasteiger charge is -2.40. The number of carbonyl (C=O) groups excluding carboxylic acids is 1. The molecule has 0 radical (unpaired) electrons. The van der Waals surface area contributed by atoms with Gasteiger partial charge in [0.15, 0.2) is 11.6 Å². The number of hydrogen-bond donors (Lipinski definition) is 2. The lowest BCUT2D eigenvalue weighted by Crippen LogP contribution is -2.52. The molecule has 1 fully saturated rings. The first-order valence-electron chi connectivity index (χ1n) is 10.8. The highest BCUT2D eigenvalue weighted by molar-refractivity contribution is 6.35. The molecule has 2 aromatic rings. The molecule has 9 heteroatoms. The van der Waals surface area contributed by atoms with E-state index in [1.807, 2.05) is 0 Å². The topological polar surface area (TPSA) is 91.9 Å². The summed E-state index contributed by atoms with van der Waals surface area (Å²) in [6.07, 6.45) is 2.52. The van der Waals surface area contributed by atoms with Crippen molar-refractivity contribution in [1.29, 1.82) is 0 Å². The fourth-order valence-electron chi connectivity index (χ4n) is 3.84. The van der Waals surface area contributed by atoms with Gasteiger partial charge in [-0.25, -0.2) is 4.98 Å². The molecule has 3 rings (SSSR count). The van der Waals surface area contributed by atoms with Crippen LogP contribution in [0.5, 0.6) is 5.75 Å². The zero-order chi connectivity index (χ0) is 23.3. The Hall–Kier alpha value is -2.06. The van der Waals surface area contributed by atoms with Crippen LogP contribution in [0, 0.1) is 0 Å². The molecule has 2 heterocycles. The van der Waals surface area contributed by atoms with Gasteiger partial charge in [0.1, 0.15) is 6.61 Å². The molecule has 3 N–H and O–H groups in total. The molecule has 1 amide bonds. The molecule has 0 spiro atoms. The van der Waals surface area contributed by atoms with E-state index in [9.17, 15) is 9.90 Å². The number of halogens is 2. The van der Waals surface area contributed by atoms with Gasteiger partial charge in [0.25, 0.3) is 5.91 Å². The molecule has 0 aliphatic carbocycles. The summed E-state index contributed by atoms with van der Waals surface area (Å²) in [6, 6.07) is 6.80. The Balaban J connectivity index is 1.65. The number of benzene rings is 1. The van der Waals surface area contributed by atoms with E-state index in [0.29, 0.717) is 59.4 Å². The van der Waals surface area contributed by atoms with Crippen LogP contribution < -0.4 is 10.5 Å². The summed E-state index contributed by atoms with van der Waals surface area (Å²) in [6.45, 7) is 7.62. The van der Waals surface area contributed by atoms with Crippen LogP contribution in [0.4, 0.5) is 5.82 Å². The Morgan fingerprint density at radius 1 is 1.25 bits per heavy atom. The number of piperidine rings is 1. The Labute approximate surface area is 199 Å². The van der Waals surface area contributed by atoms with Crippen LogP contribution >= 0.6 is 23.2 Å². The van der Waals surface area contributed by atoms with Crippen LogP contribution in [0.3, 0.4) is 0 Å². The van der Waals surface area contributed by atoms with Crippen LogP contribution in [0.1, 0.15) is 42.6 Å². The fourth-order valence-corrected chi connectivity index (χ4v) is 4.34. The van der Waals surface area contributed by atoms with E-state index in [1.54, 1.807) is 29.2 Å². The number of aliphatic hydroxyl groups is 1. The van der Waals surface area contributed by atoms with Crippen molar-refractivity contribution in [2.75, 3.05) is 38.5 Å². The second-order valence-electron chi connectivity index (χ2n) is 8.07. The Kier molecular flexibility index (Phi) is 8.22. The summed E-state index contributed by atoms with van der Waals surface area (Å²) in [4.78, 5) is 21.1. The van der Waals surface area contributed by atoms with Crippen molar-refractivity contribution in [3.05, 3.63) is 51.6 Å². The molecule has 0 atom stereocenters. The van der Waals surface area contributed by atoms with Gasteiger partial charge >= 0.3 is 0 Å². The number of likely N-dealkylation sites (tertiary alicyclic amines) is 1. The number of amides is 1. The van der Waals surface area contributed by atoms with Crippen molar-refractivity contribution < 1.29 is 14.6 Å². The zero-order valence-electron chi connectivity index (χ0n) is 18.5. The molecule has 174 valence electrons. The third-order valence-corrected chi connectivity index (χ3v) is 6.66. The van der Waals surface area contributed by atoms with Crippen molar-refractivity contribution in [1.82, 2.24) is 14.8 Å². The summed E-state index contributed by atoms with van der Waals surface area (Å²) in [7, 11) is 0. The average molecular weight is 481 g/mol. The Bertz CT molecular complexity index is 925. The number of pyridine rings is 1. The smallest absolute Gasteiger partial charge is 0.255 e. The molecule has 1 aliphatic rings. The number of likely N-dealkylation sites (N-methyl/N-ethyl adjacent to an activating group) is 1. The molecule has 0 saturated carbocycles. The minimum atomic E-state index is -0.773. The quantitative estimate of drug-likeness (QED) is 0.595. The molecular weight excluding hydrogens is 451 g/mol. The van der Waals surface area contributed by atoms with Crippen LogP contribution in [0.15, 0.2) is 30.5 Å². The van der Waals surface area contributed by atoms with E-state index in [1.165, 1.54) is 6.20 Å². The van der Waals surface area contributed by atoms with Crippen molar-refractivity contribution in [2.24, 2.45) is 0 Å². The molecule has 0 bridgehead atoms.